The normalized spacial score (nSPS) is 17.5. The SMILES string of the molecule is Nc1nc2n(n1)CCCCS2. The van der Waals surface area contributed by atoms with Gasteiger partial charge in [0.25, 0.3) is 0 Å². The van der Waals surface area contributed by atoms with Gasteiger partial charge >= 0.3 is 0 Å². The first-order valence-corrected chi connectivity index (χ1v) is 4.68. The number of nitrogens with zero attached hydrogens (tertiary/aromatic N) is 3. The predicted octanol–water partition coefficient (Wildman–Crippen LogP) is 0.746. The largest absolute Gasteiger partial charge is 0.366 e. The van der Waals surface area contributed by atoms with Gasteiger partial charge in [0.2, 0.25) is 5.95 Å². The van der Waals surface area contributed by atoms with Gasteiger partial charge < -0.3 is 5.73 Å². The maximum Gasteiger partial charge on any atom is 0.240 e. The lowest BCUT2D eigenvalue weighted by molar-refractivity contribution is 0.540. The molecule has 1 aromatic heterocycles. The predicted molar refractivity (Wildman–Crippen MR) is 44.4 cm³/mol. The fourth-order valence-electron chi connectivity index (χ4n) is 1.12. The van der Waals surface area contributed by atoms with E-state index in [2.05, 4.69) is 10.1 Å². The third kappa shape index (κ3) is 1.33. The number of anilines is 1. The van der Waals surface area contributed by atoms with Crippen molar-refractivity contribution >= 4 is 17.7 Å². The number of nitrogens with two attached hydrogens (primary N) is 1. The van der Waals surface area contributed by atoms with Crippen LogP contribution in [0.2, 0.25) is 0 Å². The zero-order valence-electron chi connectivity index (χ0n) is 6.16. The summed E-state index contributed by atoms with van der Waals surface area (Å²) in [6.07, 6.45) is 2.43. The third-order valence-electron chi connectivity index (χ3n) is 1.65. The van der Waals surface area contributed by atoms with E-state index in [4.69, 9.17) is 5.73 Å². The number of hydrogen-bond donors (Lipinski definition) is 1. The van der Waals surface area contributed by atoms with Crippen molar-refractivity contribution in [2.24, 2.45) is 0 Å². The van der Waals surface area contributed by atoms with Crippen molar-refractivity contribution in [3.63, 3.8) is 0 Å². The first kappa shape index (κ1) is 6.97. The molecule has 0 atom stereocenters. The van der Waals surface area contributed by atoms with Crippen molar-refractivity contribution in [3.05, 3.63) is 0 Å². The fraction of sp³-hybridized carbons (Fsp3) is 0.667. The molecule has 0 saturated carbocycles. The van der Waals surface area contributed by atoms with Crippen LogP contribution in [-0.2, 0) is 6.54 Å². The lowest BCUT2D eigenvalue weighted by atomic mass is 10.3. The average Bonchev–Trinajstić information content (AvgIpc) is 2.17. The van der Waals surface area contributed by atoms with E-state index < -0.39 is 0 Å². The Morgan fingerprint density at radius 1 is 1.45 bits per heavy atom. The van der Waals surface area contributed by atoms with E-state index in [1.807, 2.05) is 4.68 Å². The molecule has 2 N–H and O–H groups in total. The molecule has 2 rings (SSSR count). The van der Waals surface area contributed by atoms with E-state index in [0.29, 0.717) is 5.95 Å². The number of thioether (sulfide) groups is 1. The summed E-state index contributed by atoms with van der Waals surface area (Å²) in [6.45, 7) is 0.965. The van der Waals surface area contributed by atoms with Gasteiger partial charge in [-0.05, 0) is 12.8 Å². The Labute approximate surface area is 69.2 Å². The van der Waals surface area contributed by atoms with Crippen molar-refractivity contribution in [1.82, 2.24) is 14.8 Å². The zero-order valence-corrected chi connectivity index (χ0v) is 6.97. The summed E-state index contributed by atoms with van der Waals surface area (Å²) in [6, 6.07) is 0. The van der Waals surface area contributed by atoms with Crippen molar-refractivity contribution in [3.8, 4) is 0 Å². The van der Waals surface area contributed by atoms with E-state index >= 15 is 0 Å². The second kappa shape index (κ2) is 2.73. The highest BCUT2D eigenvalue weighted by atomic mass is 32.2. The molecule has 1 aliphatic heterocycles. The van der Waals surface area contributed by atoms with E-state index in [1.165, 1.54) is 12.8 Å². The molecular formula is C6H10N4S. The summed E-state index contributed by atoms with van der Waals surface area (Å²) >= 11 is 1.74. The molecular weight excluding hydrogens is 160 g/mol. The highest BCUT2D eigenvalue weighted by Gasteiger charge is 2.10. The second-order valence-corrected chi connectivity index (χ2v) is 3.59. The number of aromatic nitrogens is 3. The highest BCUT2D eigenvalue weighted by Crippen LogP contribution is 2.21. The molecule has 0 aromatic carbocycles. The summed E-state index contributed by atoms with van der Waals surface area (Å²) in [5.41, 5.74) is 5.45. The Morgan fingerprint density at radius 3 is 3.27 bits per heavy atom. The minimum Gasteiger partial charge on any atom is -0.366 e. The molecule has 11 heavy (non-hydrogen) atoms. The molecule has 0 radical (unpaired) electrons. The smallest absolute Gasteiger partial charge is 0.240 e. The first-order chi connectivity index (χ1) is 5.36. The molecule has 2 heterocycles. The Kier molecular flexibility index (Phi) is 1.73. The second-order valence-electron chi connectivity index (χ2n) is 2.53. The van der Waals surface area contributed by atoms with Gasteiger partial charge in [0.05, 0.1) is 0 Å². The van der Waals surface area contributed by atoms with E-state index in [9.17, 15) is 0 Å². The van der Waals surface area contributed by atoms with Gasteiger partial charge in [-0.25, -0.2) is 4.68 Å². The highest BCUT2D eigenvalue weighted by molar-refractivity contribution is 7.99. The van der Waals surface area contributed by atoms with Crippen LogP contribution in [0.1, 0.15) is 12.8 Å². The molecule has 5 heteroatoms. The standard InChI is InChI=1S/C6H10N4S/c7-5-8-6-10(9-5)3-1-2-4-11-6/h1-4H2,(H2,7,9). The maximum atomic E-state index is 5.45. The van der Waals surface area contributed by atoms with Crippen molar-refractivity contribution in [2.75, 3.05) is 11.5 Å². The first-order valence-electron chi connectivity index (χ1n) is 3.69. The van der Waals surface area contributed by atoms with Gasteiger partial charge in [-0.2, -0.15) is 4.98 Å². The Bertz CT molecular complexity index is 234. The molecule has 0 bridgehead atoms. The molecule has 0 saturated heterocycles. The quantitative estimate of drug-likeness (QED) is 0.624. The van der Waals surface area contributed by atoms with E-state index in [1.54, 1.807) is 11.8 Å². The van der Waals surface area contributed by atoms with Gasteiger partial charge in [0.15, 0.2) is 5.16 Å². The van der Waals surface area contributed by atoms with Crippen LogP contribution in [-0.4, -0.2) is 20.5 Å². The number of nitrogen functional groups attached to an aromatic ring is 1. The lowest BCUT2D eigenvalue weighted by Crippen LogP contribution is -1.99. The van der Waals surface area contributed by atoms with Crippen LogP contribution in [0.25, 0.3) is 0 Å². The minimum atomic E-state index is 0.398. The van der Waals surface area contributed by atoms with Crippen LogP contribution < -0.4 is 5.73 Å². The Balaban J connectivity index is 2.32. The molecule has 0 fully saturated rings. The molecule has 0 spiro atoms. The van der Waals surface area contributed by atoms with Crippen LogP contribution in [0.4, 0.5) is 5.95 Å². The van der Waals surface area contributed by atoms with Crippen molar-refractivity contribution < 1.29 is 0 Å². The summed E-state index contributed by atoms with van der Waals surface area (Å²) in [5, 5.41) is 5.05. The summed E-state index contributed by atoms with van der Waals surface area (Å²) in [5.74, 6) is 1.53. The summed E-state index contributed by atoms with van der Waals surface area (Å²) < 4.78 is 1.90. The summed E-state index contributed by atoms with van der Waals surface area (Å²) in [7, 11) is 0. The monoisotopic (exact) mass is 170 g/mol. The third-order valence-corrected chi connectivity index (χ3v) is 2.70. The number of fused-ring (bicyclic) bond motifs is 1. The van der Waals surface area contributed by atoms with Crippen molar-refractivity contribution in [2.45, 2.75) is 24.5 Å². The Hall–Kier alpha value is -0.710. The molecule has 60 valence electrons. The van der Waals surface area contributed by atoms with E-state index in [0.717, 1.165) is 17.5 Å². The van der Waals surface area contributed by atoms with Crippen molar-refractivity contribution in [1.29, 1.82) is 0 Å². The van der Waals surface area contributed by atoms with Gasteiger partial charge in [-0.15, -0.1) is 5.10 Å². The van der Waals surface area contributed by atoms with Crippen LogP contribution in [0.5, 0.6) is 0 Å². The summed E-state index contributed by atoms with van der Waals surface area (Å²) in [4.78, 5) is 4.10. The topological polar surface area (TPSA) is 56.7 Å². The van der Waals surface area contributed by atoms with Gasteiger partial charge in [0, 0.05) is 12.3 Å². The fourth-order valence-corrected chi connectivity index (χ4v) is 2.09. The molecule has 0 amide bonds. The van der Waals surface area contributed by atoms with Crippen LogP contribution in [0.3, 0.4) is 0 Å². The lowest BCUT2D eigenvalue weighted by Gasteiger charge is -1.95. The van der Waals surface area contributed by atoms with Crippen LogP contribution >= 0.6 is 11.8 Å². The molecule has 0 unspecified atom stereocenters. The Morgan fingerprint density at radius 2 is 2.36 bits per heavy atom. The number of rotatable bonds is 0. The van der Waals surface area contributed by atoms with Gasteiger partial charge in [-0.3, -0.25) is 0 Å². The number of aryl methyl sites for hydroxylation is 1. The number of hydrogen-bond acceptors (Lipinski definition) is 4. The average molecular weight is 170 g/mol. The molecule has 0 aliphatic carbocycles. The van der Waals surface area contributed by atoms with Gasteiger partial charge in [0.1, 0.15) is 0 Å². The molecule has 1 aliphatic rings. The molecule has 4 nitrogen and oxygen atoms in total. The molecule has 1 aromatic rings. The van der Waals surface area contributed by atoms with Gasteiger partial charge in [-0.1, -0.05) is 11.8 Å². The van der Waals surface area contributed by atoms with Crippen LogP contribution in [0, 0.1) is 0 Å². The maximum absolute atomic E-state index is 5.45. The zero-order chi connectivity index (χ0) is 7.68. The minimum absolute atomic E-state index is 0.398. The van der Waals surface area contributed by atoms with Crippen LogP contribution in [0.15, 0.2) is 5.16 Å². The van der Waals surface area contributed by atoms with E-state index in [-0.39, 0.29) is 0 Å².